The zero-order valence-electron chi connectivity index (χ0n) is 18.4. The summed E-state index contributed by atoms with van der Waals surface area (Å²) < 4.78 is 5.47. The van der Waals surface area contributed by atoms with E-state index >= 15 is 0 Å². The van der Waals surface area contributed by atoms with Gasteiger partial charge in [0.25, 0.3) is 0 Å². The van der Waals surface area contributed by atoms with Crippen molar-refractivity contribution >= 4 is 29.1 Å². The van der Waals surface area contributed by atoms with Crippen molar-refractivity contribution in [3.05, 3.63) is 69.5 Å². The first-order chi connectivity index (χ1) is 15.8. The van der Waals surface area contributed by atoms with Gasteiger partial charge in [-0.15, -0.1) is 10.2 Å². The van der Waals surface area contributed by atoms with Gasteiger partial charge in [0.2, 0.25) is 17.7 Å². The number of nitrogens with one attached hydrogen (secondary N) is 1. The van der Waals surface area contributed by atoms with E-state index in [2.05, 4.69) is 41.5 Å². The van der Waals surface area contributed by atoms with Crippen molar-refractivity contribution < 1.29 is 14.3 Å². The lowest BCUT2D eigenvalue weighted by Crippen LogP contribution is -2.42. The van der Waals surface area contributed by atoms with Crippen LogP contribution in [0.5, 0.6) is 0 Å². The average Bonchev–Trinajstić information content (AvgIpc) is 3.37. The molecule has 1 aromatic heterocycles. The molecule has 1 amide bonds. The van der Waals surface area contributed by atoms with E-state index < -0.39 is 5.41 Å². The predicted molar refractivity (Wildman–Crippen MR) is 133 cm³/mol. The third kappa shape index (κ3) is 4.02. The topological polar surface area (TPSA) is 88.2 Å². The van der Waals surface area contributed by atoms with Crippen LogP contribution in [0.1, 0.15) is 63.0 Å². The number of rotatable bonds is 4. The van der Waals surface area contributed by atoms with E-state index in [1.54, 1.807) is 0 Å². The summed E-state index contributed by atoms with van der Waals surface area (Å²) in [4.78, 5) is 12.9. The zero-order valence-corrected chi connectivity index (χ0v) is 19.9. The second-order valence-corrected chi connectivity index (χ2v) is 10.2. The summed E-state index contributed by atoms with van der Waals surface area (Å²) in [5, 5.41) is 21.5. The van der Waals surface area contributed by atoms with Gasteiger partial charge in [-0.3, -0.25) is 4.79 Å². The highest BCUT2D eigenvalue weighted by Crippen LogP contribution is 2.59. The van der Waals surface area contributed by atoms with Crippen LogP contribution in [0.15, 0.2) is 46.9 Å². The van der Waals surface area contributed by atoms with Gasteiger partial charge in [-0.25, -0.2) is 0 Å². The minimum atomic E-state index is -0.420. The SMILES string of the molecule is C.C[C@H]1NC(=O)[C@]2(C)CC[C@@H](c3ccc(-c4nnc(CO)o4)cc3Cl)[C@H](c3ccc(Cl)cc3)[C@H]12. The highest BCUT2D eigenvalue weighted by Gasteiger charge is 2.57. The van der Waals surface area contributed by atoms with E-state index in [1.807, 2.05) is 30.3 Å². The molecule has 0 unspecified atom stereocenters. The third-order valence-corrected chi connectivity index (χ3v) is 8.03. The molecule has 0 radical (unpaired) electrons. The van der Waals surface area contributed by atoms with Crippen LogP contribution in [0.25, 0.3) is 11.5 Å². The summed E-state index contributed by atoms with van der Waals surface area (Å²) in [5.74, 6) is 0.974. The number of hydrogen-bond donors (Lipinski definition) is 2. The highest BCUT2D eigenvalue weighted by molar-refractivity contribution is 6.31. The van der Waals surface area contributed by atoms with Crippen LogP contribution >= 0.6 is 23.2 Å². The quantitative estimate of drug-likeness (QED) is 0.459. The number of aliphatic hydroxyl groups excluding tert-OH is 1. The maximum absolute atomic E-state index is 12.9. The van der Waals surface area contributed by atoms with Gasteiger partial charge in [0.05, 0.1) is 5.41 Å². The smallest absolute Gasteiger partial charge is 0.247 e. The van der Waals surface area contributed by atoms with Crippen molar-refractivity contribution in [3.63, 3.8) is 0 Å². The molecule has 6 nitrogen and oxygen atoms in total. The van der Waals surface area contributed by atoms with Gasteiger partial charge in [-0.2, -0.15) is 0 Å². The molecule has 2 heterocycles. The first-order valence-electron chi connectivity index (χ1n) is 11.1. The Kier molecular flexibility index (Phi) is 6.78. The molecule has 2 N–H and O–H groups in total. The summed E-state index contributed by atoms with van der Waals surface area (Å²) >= 11 is 13.0. The number of halogens is 2. The monoisotopic (exact) mass is 501 g/mol. The van der Waals surface area contributed by atoms with Crippen molar-refractivity contribution in [3.8, 4) is 11.5 Å². The molecule has 2 aliphatic rings. The number of aliphatic hydroxyl groups is 1. The van der Waals surface area contributed by atoms with Crippen LogP contribution in [0.4, 0.5) is 0 Å². The molecule has 34 heavy (non-hydrogen) atoms. The maximum Gasteiger partial charge on any atom is 0.247 e. The Morgan fingerprint density at radius 2 is 1.91 bits per heavy atom. The number of nitrogens with zero attached hydrogens (tertiary/aromatic N) is 2. The number of carbonyl (C=O) groups is 1. The summed E-state index contributed by atoms with van der Waals surface area (Å²) in [6.07, 6.45) is 1.64. The van der Waals surface area contributed by atoms with Gasteiger partial charge < -0.3 is 14.8 Å². The first kappa shape index (κ1) is 24.7. The molecule has 180 valence electrons. The number of amides is 1. The van der Waals surface area contributed by atoms with E-state index in [-0.39, 0.29) is 49.6 Å². The van der Waals surface area contributed by atoms with Crippen LogP contribution in [0.3, 0.4) is 0 Å². The Morgan fingerprint density at radius 1 is 1.18 bits per heavy atom. The van der Waals surface area contributed by atoms with Crippen molar-refractivity contribution in [1.82, 2.24) is 15.5 Å². The van der Waals surface area contributed by atoms with Crippen LogP contribution in [0, 0.1) is 11.3 Å². The summed E-state index contributed by atoms with van der Waals surface area (Å²) in [7, 11) is 0. The Labute approximate surface area is 209 Å². The van der Waals surface area contributed by atoms with Gasteiger partial charge in [-0.05, 0) is 67.0 Å². The molecule has 0 spiro atoms. The maximum atomic E-state index is 12.9. The van der Waals surface area contributed by atoms with Crippen molar-refractivity contribution in [2.75, 3.05) is 0 Å². The first-order valence-corrected chi connectivity index (χ1v) is 11.9. The van der Waals surface area contributed by atoms with Gasteiger partial charge in [0, 0.05) is 27.6 Å². The van der Waals surface area contributed by atoms with Crippen molar-refractivity contribution in [1.29, 1.82) is 0 Å². The molecule has 2 aromatic carbocycles. The van der Waals surface area contributed by atoms with E-state index in [0.29, 0.717) is 21.5 Å². The molecule has 1 saturated carbocycles. The van der Waals surface area contributed by atoms with Crippen LogP contribution in [0.2, 0.25) is 10.0 Å². The highest BCUT2D eigenvalue weighted by atomic mass is 35.5. The molecular formula is C26H29Cl2N3O3. The van der Waals surface area contributed by atoms with Crippen molar-refractivity contribution in [2.45, 2.75) is 58.6 Å². The van der Waals surface area contributed by atoms with Gasteiger partial charge >= 0.3 is 0 Å². The zero-order chi connectivity index (χ0) is 23.3. The fourth-order valence-electron chi connectivity index (χ4n) is 5.91. The lowest BCUT2D eigenvalue weighted by Gasteiger charge is -2.46. The molecule has 1 aliphatic heterocycles. The predicted octanol–water partition coefficient (Wildman–Crippen LogP) is 5.97. The Hall–Kier alpha value is -2.41. The van der Waals surface area contributed by atoms with Crippen LogP contribution in [-0.4, -0.2) is 27.3 Å². The largest absolute Gasteiger partial charge is 0.418 e. The Balaban J connectivity index is 0.00000274. The summed E-state index contributed by atoms with van der Waals surface area (Å²) in [6.45, 7) is 3.88. The second kappa shape index (κ2) is 9.33. The normalized spacial score (nSPS) is 28.2. The molecule has 0 bridgehead atoms. The molecule has 5 atom stereocenters. The standard InChI is InChI=1S/C25H25Cl2N3O3.CH4/c1-13-22-21(14-3-6-16(26)7-4-14)18(9-10-25(22,2)24(32)28-13)17-8-5-15(11-19(17)27)23-30-29-20(12-31)33-23;/h3-8,11,13,18,21-22,31H,9-10,12H2,1-2H3,(H,28,32);1H4/t13-,18+,21+,22+,25-;/m1./s1. The molecule has 1 aliphatic carbocycles. The van der Waals surface area contributed by atoms with E-state index in [1.165, 1.54) is 0 Å². The lowest BCUT2D eigenvalue weighted by molar-refractivity contribution is -0.129. The number of aromatic nitrogens is 2. The van der Waals surface area contributed by atoms with Crippen molar-refractivity contribution in [2.24, 2.45) is 11.3 Å². The summed E-state index contributed by atoms with van der Waals surface area (Å²) in [5.41, 5.74) is 2.48. The minimum Gasteiger partial charge on any atom is -0.418 e. The van der Waals surface area contributed by atoms with E-state index in [0.717, 1.165) is 24.0 Å². The number of carbonyl (C=O) groups excluding carboxylic acids is 1. The van der Waals surface area contributed by atoms with Gasteiger partial charge in [0.15, 0.2) is 0 Å². The number of benzene rings is 2. The minimum absolute atomic E-state index is 0. The van der Waals surface area contributed by atoms with Crippen LogP contribution < -0.4 is 5.32 Å². The summed E-state index contributed by atoms with van der Waals surface area (Å²) in [6, 6.07) is 13.8. The fourth-order valence-corrected chi connectivity index (χ4v) is 6.35. The Morgan fingerprint density at radius 3 is 2.56 bits per heavy atom. The molecular weight excluding hydrogens is 473 g/mol. The van der Waals surface area contributed by atoms with E-state index in [9.17, 15) is 9.90 Å². The lowest BCUT2D eigenvalue weighted by atomic mass is 9.56. The van der Waals surface area contributed by atoms with E-state index in [4.69, 9.17) is 27.6 Å². The molecule has 2 fully saturated rings. The molecule has 5 rings (SSSR count). The Bertz CT molecular complexity index is 1200. The number of hydrogen-bond acceptors (Lipinski definition) is 5. The average molecular weight is 502 g/mol. The molecule has 3 aromatic rings. The fraction of sp³-hybridized carbons (Fsp3) is 0.423. The van der Waals surface area contributed by atoms with Gasteiger partial charge in [-0.1, -0.05) is 55.8 Å². The second-order valence-electron chi connectivity index (χ2n) is 9.32. The molecule has 1 saturated heterocycles. The molecule has 8 heteroatoms. The number of fused-ring (bicyclic) bond motifs is 1. The third-order valence-electron chi connectivity index (χ3n) is 7.45. The van der Waals surface area contributed by atoms with Gasteiger partial charge in [0.1, 0.15) is 6.61 Å². The van der Waals surface area contributed by atoms with Crippen LogP contribution in [-0.2, 0) is 11.4 Å².